The van der Waals surface area contributed by atoms with E-state index in [2.05, 4.69) is 4.98 Å². The third-order valence-corrected chi connectivity index (χ3v) is 6.88. The van der Waals surface area contributed by atoms with Crippen molar-refractivity contribution in [2.45, 2.75) is 13.8 Å². The molecule has 5 rings (SSSR count). The van der Waals surface area contributed by atoms with E-state index >= 15 is 0 Å². The Balaban J connectivity index is 0.000000201. The van der Waals surface area contributed by atoms with Gasteiger partial charge in [0.2, 0.25) is 0 Å². The second-order valence-corrected chi connectivity index (χ2v) is 9.84. The summed E-state index contributed by atoms with van der Waals surface area (Å²) >= 11 is 6.22. The lowest BCUT2D eigenvalue weighted by Crippen LogP contribution is -2.08. The number of hydrogen-bond acceptors (Lipinski definition) is 7. The number of hydrogen-bond donors (Lipinski definition) is 1. The van der Waals surface area contributed by atoms with Gasteiger partial charge in [0.05, 0.1) is 12.3 Å². The minimum Gasteiger partial charge on any atom is -0.462 e. The maximum absolute atomic E-state index is 11.9. The van der Waals surface area contributed by atoms with Crippen LogP contribution in [0.2, 0.25) is 0 Å². The van der Waals surface area contributed by atoms with Crippen LogP contribution in [0.15, 0.2) is 109 Å². The number of aryl methyl sites for hydroxylation is 1. The number of para-hydroxylation sites is 2. The van der Waals surface area contributed by atoms with Gasteiger partial charge in [-0.15, -0.1) is 11.3 Å². The lowest BCUT2D eigenvalue weighted by Gasteiger charge is -2.05. The molecule has 0 aliphatic heterocycles. The smallest absolute Gasteiger partial charge is 0.350 e. The average Bonchev–Trinajstić information content (AvgIpc) is 3.37. The van der Waals surface area contributed by atoms with Gasteiger partial charge in [-0.2, -0.15) is 0 Å². The summed E-state index contributed by atoms with van der Waals surface area (Å²) in [6.07, 6.45) is 0. The molecule has 0 unspecified atom stereocenters. The van der Waals surface area contributed by atoms with Gasteiger partial charge in [-0.1, -0.05) is 48.6 Å². The maximum Gasteiger partial charge on any atom is 0.350 e. The summed E-state index contributed by atoms with van der Waals surface area (Å²) in [6, 6.07) is 34.3. The number of thiocarbonyl (C=S) groups is 1. The number of esters is 1. The first-order valence-corrected chi connectivity index (χ1v) is 13.8. The van der Waals surface area contributed by atoms with Gasteiger partial charge in [0, 0.05) is 11.1 Å². The van der Waals surface area contributed by atoms with Crippen molar-refractivity contribution in [3.05, 3.63) is 125 Å². The molecule has 0 saturated heterocycles. The van der Waals surface area contributed by atoms with Crippen LogP contribution in [0.3, 0.4) is 0 Å². The third kappa shape index (κ3) is 7.99. The van der Waals surface area contributed by atoms with Crippen LogP contribution in [-0.4, -0.2) is 22.5 Å². The molecule has 4 aromatic carbocycles. The number of ether oxygens (including phenoxy) is 3. The van der Waals surface area contributed by atoms with Gasteiger partial charge in [0.25, 0.3) is 0 Å². The van der Waals surface area contributed by atoms with E-state index in [0.29, 0.717) is 22.2 Å². The number of aromatic nitrogens is 1. The molecular weight excluding hydrogens is 540 g/mol. The van der Waals surface area contributed by atoms with Gasteiger partial charge in [-0.25, -0.2) is 9.78 Å². The highest BCUT2D eigenvalue weighted by Crippen LogP contribution is 2.30. The zero-order chi connectivity index (χ0) is 28.3. The van der Waals surface area contributed by atoms with Gasteiger partial charge in [-0.05, 0) is 86.6 Å². The van der Waals surface area contributed by atoms with Crippen LogP contribution in [0.4, 0.5) is 0 Å². The zero-order valence-corrected chi connectivity index (χ0v) is 23.7. The highest BCUT2D eigenvalue weighted by Gasteiger charge is 2.17. The Hall–Kier alpha value is -4.53. The predicted molar refractivity (Wildman–Crippen MR) is 164 cm³/mol. The van der Waals surface area contributed by atoms with Crippen LogP contribution < -0.4 is 15.2 Å². The van der Waals surface area contributed by atoms with E-state index in [1.807, 2.05) is 116 Å². The van der Waals surface area contributed by atoms with E-state index in [1.54, 1.807) is 6.92 Å². The summed E-state index contributed by atoms with van der Waals surface area (Å²) in [5, 5.41) is 0.793. The van der Waals surface area contributed by atoms with Crippen molar-refractivity contribution in [2.75, 3.05) is 6.61 Å². The first kappa shape index (κ1) is 28.5. The van der Waals surface area contributed by atoms with E-state index in [1.165, 1.54) is 11.3 Å². The van der Waals surface area contributed by atoms with Crippen LogP contribution in [0.25, 0.3) is 10.6 Å². The number of rotatable bonds is 8. The van der Waals surface area contributed by atoms with Crippen LogP contribution >= 0.6 is 23.6 Å². The molecule has 2 N–H and O–H groups in total. The molecule has 202 valence electrons. The Morgan fingerprint density at radius 2 is 1.25 bits per heavy atom. The predicted octanol–water partition coefficient (Wildman–Crippen LogP) is 8.20. The van der Waals surface area contributed by atoms with Crippen molar-refractivity contribution in [3.63, 3.8) is 0 Å². The van der Waals surface area contributed by atoms with Crippen molar-refractivity contribution in [2.24, 2.45) is 5.73 Å². The molecule has 0 aliphatic rings. The fourth-order valence-electron chi connectivity index (χ4n) is 3.51. The van der Waals surface area contributed by atoms with Crippen molar-refractivity contribution < 1.29 is 19.0 Å². The molecule has 0 radical (unpaired) electrons. The van der Waals surface area contributed by atoms with E-state index in [-0.39, 0.29) is 5.97 Å². The molecule has 5 aromatic rings. The molecule has 0 bridgehead atoms. The van der Waals surface area contributed by atoms with Crippen LogP contribution in [0.5, 0.6) is 23.0 Å². The lowest BCUT2D eigenvalue weighted by atomic mass is 10.2. The highest BCUT2D eigenvalue weighted by molar-refractivity contribution is 7.80. The summed E-state index contributed by atoms with van der Waals surface area (Å²) < 4.78 is 16.5. The number of benzene rings is 4. The van der Waals surface area contributed by atoms with Gasteiger partial charge in [-0.3, -0.25) is 0 Å². The summed E-state index contributed by atoms with van der Waals surface area (Å²) in [5.41, 5.74) is 7.99. The SMILES string of the molecule is CCOC(=O)c1sc(-c2ccc(Oc3ccccc3)cc2)nc1C.NC(=S)c1ccc(Oc2ccccc2)cc1. The molecule has 0 aliphatic carbocycles. The Labute approximate surface area is 243 Å². The fraction of sp³-hybridized carbons (Fsp3) is 0.0938. The minimum absolute atomic E-state index is 0.317. The monoisotopic (exact) mass is 568 g/mol. The summed E-state index contributed by atoms with van der Waals surface area (Å²) in [7, 11) is 0. The van der Waals surface area contributed by atoms with Gasteiger partial charge >= 0.3 is 5.97 Å². The van der Waals surface area contributed by atoms with E-state index in [9.17, 15) is 4.79 Å². The standard InChI is InChI=1S/C19H17NO3S.C13H11NOS/c1-3-22-19(21)17-13(2)20-18(24-17)14-9-11-16(12-10-14)23-15-7-5-4-6-8-15;14-13(16)10-6-8-12(9-7-10)15-11-4-2-1-3-5-11/h4-12H,3H2,1-2H3;1-9H,(H2,14,16). The van der Waals surface area contributed by atoms with Crippen molar-refractivity contribution in [1.82, 2.24) is 4.98 Å². The number of thiazole rings is 1. The number of carbonyl (C=O) groups is 1. The Morgan fingerprint density at radius 1 is 0.775 bits per heavy atom. The zero-order valence-electron chi connectivity index (χ0n) is 22.1. The van der Waals surface area contributed by atoms with E-state index < -0.39 is 0 Å². The fourth-order valence-corrected chi connectivity index (χ4v) is 4.61. The number of nitrogens with two attached hydrogens (primary N) is 1. The second-order valence-electron chi connectivity index (χ2n) is 8.40. The summed E-state index contributed by atoms with van der Waals surface area (Å²) in [6.45, 7) is 3.97. The Bertz CT molecular complexity index is 1540. The first-order valence-electron chi connectivity index (χ1n) is 12.5. The normalized spacial score (nSPS) is 10.2. The molecular formula is C32H28N2O4S2. The largest absolute Gasteiger partial charge is 0.462 e. The first-order chi connectivity index (χ1) is 19.4. The second kappa shape index (κ2) is 14.0. The van der Waals surface area contributed by atoms with E-state index in [4.69, 9.17) is 32.2 Å². The van der Waals surface area contributed by atoms with Crippen LogP contribution in [0, 0.1) is 6.92 Å². The molecule has 8 heteroatoms. The van der Waals surface area contributed by atoms with E-state index in [0.717, 1.165) is 39.1 Å². The summed E-state index contributed by atoms with van der Waals surface area (Å²) in [4.78, 5) is 17.3. The molecule has 0 fully saturated rings. The maximum atomic E-state index is 11.9. The molecule has 0 amide bonds. The summed E-state index contributed by atoms with van der Waals surface area (Å²) in [5.74, 6) is 2.81. The van der Waals surface area contributed by atoms with Crippen LogP contribution in [0.1, 0.15) is 27.9 Å². The van der Waals surface area contributed by atoms with Crippen molar-refractivity contribution in [1.29, 1.82) is 0 Å². The topological polar surface area (TPSA) is 83.7 Å². The number of carbonyl (C=O) groups excluding carboxylic acids is 1. The molecule has 0 spiro atoms. The highest BCUT2D eigenvalue weighted by atomic mass is 32.1. The van der Waals surface area contributed by atoms with Crippen molar-refractivity contribution in [3.8, 4) is 33.6 Å². The van der Waals surface area contributed by atoms with Crippen molar-refractivity contribution >= 4 is 34.5 Å². The minimum atomic E-state index is -0.317. The lowest BCUT2D eigenvalue weighted by molar-refractivity contribution is 0.0531. The molecule has 0 atom stereocenters. The Morgan fingerprint density at radius 3 is 1.73 bits per heavy atom. The molecule has 40 heavy (non-hydrogen) atoms. The van der Waals surface area contributed by atoms with Gasteiger partial charge in [0.1, 0.15) is 37.9 Å². The van der Waals surface area contributed by atoms with Crippen LogP contribution in [-0.2, 0) is 4.74 Å². The third-order valence-electron chi connectivity index (χ3n) is 5.46. The molecule has 0 saturated carbocycles. The Kier molecular flexibility index (Phi) is 9.99. The average molecular weight is 569 g/mol. The van der Waals surface area contributed by atoms with Gasteiger partial charge < -0.3 is 19.9 Å². The molecule has 1 aromatic heterocycles. The van der Waals surface area contributed by atoms with Gasteiger partial charge in [0.15, 0.2) is 0 Å². The number of nitrogens with zero attached hydrogens (tertiary/aromatic N) is 1. The molecule has 1 heterocycles. The molecule has 6 nitrogen and oxygen atoms in total. The quantitative estimate of drug-likeness (QED) is 0.149.